The molecular formula is C19H30N6O. The molecule has 0 bridgehead atoms. The van der Waals surface area contributed by atoms with E-state index in [-0.39, 0.29) is 0 Å². The maximum absolute atomic E-state index is 5.28. The molecule has 26 heavy (non-hydrogen) atoms. The van der Waals surface area contributed by atoms with Gasteiger partial charge in [-0.3, -0.25) is 0 Å². The molecule has 0 amide bonds. The number of guanidine groups is 1. The summed E-state index contributed by atoms with van der Waals surface area (Å²) in [6.07, 6.45) is 3.68. The summed E-state index contributed by atoms with van der Waals surface area (Å²) in [4.78, 5) is 4.72. The summed E-state index contributed by atoms with van der Waals surface area (Å²) < 4.78 is 7.34. The Hall–Kier alpha value is -2.57. The molecule has 1 unspecified atom stereocenters. The SMILES string of the molecule is CCc1nncn1CCNC(=NCc1cccc(OC)c1)NC(C)CC. The molecule has 2 rings (SSSR count). The first-order chi connectivity index (χ1) is 12.7. The first kappa shape index (κ1) is 19.8. The minimum atomic E-state index is 0.354. The van der Waals surface area contributed by atoms with Crippen molar-refractivity contribution in [3.63, 3.8) is 0 Å². The number of aryl methyl sites for hydroxylation is 1. The van der Waals surface area contributed by atoms with Crippen molar-refractivity contribution in [2.45, 2.75) is 52.7 Å². The number of ether oxygens (including phenoxy) is 1. The third kappa shape index (κ3) is 6.06. The Bertz CT molecular complexity index is 697. The van der Waals surface area contributed by atoms with Crippen molar-refractivity contribution < 1.29 is 4.74 Å². The summed E-state index contributed by atoms with van der Waals surface area (Å²) in [6, 6.07) is 8.34. The quantitative estimate of drug-likeness (QED) is 0.532. The lowest BCUT2D eigenvalue weighted by molar-refractivity contribution is 0.414. The third-order valence-corrected chi connectivity index (χ3v) is 4.21. The van der Waals surface area contributed by atoms with Gasteiger partial charge in [0.2, 0.25) is 0 Å². The van der Waals surface area contributed by atoms with Crippen LogP contribution in [-0.2, 0) is 19.5 Å². The molecular weight excluding hydrogens is 328 g/mol. The molecule has 7 heteroatoms. The van der Waals surface area contributed by atoms with Gasteiger partial charge in [0.25, 0.3) is 0 Å². The number of hydrogen-bond donors (Lipinski definition) is 2. The van der Waals surface area contributed by atoms with Gasteiger partial charge in [-0.1, -0.05) is 26.0 Å². The first-order valence-electron chi connectivity index (χ1n) is 9.20. The van der Waals surface area contributed by atoms with E-state index < -0.39 is 0 Å². The Morgan fingerprint density at radius 2 is 2.19 bits per heavy atom. The number of hydrogen-bond acceptors (Lipinski definition) is 4. The normalized spacial score (nSPS) is 12.7. The lowest BCUT2D eigenvalue weighted by atomic mass is 10.2. The molecule has 0 fully saturated rings. The van der Waals surface area contributed by atoms with Crippen molar-refractivity contribution in [1.29, 1.82) is 0 Å². The van der Waals surface area contributed by atoms with Crippen molar-refractivity contribution in [3.05, 3.63) is 42.0 Å². The highest BCUT2D eigenvalue weighted by atomic mass is 16.5. The van der Waals surface area contributed by atoms with Crippen LogP contribution >= 0.6 is 0 Å². The smallest absolute Gasteiger partial charge is 0.191 e. The molecule has 2 N–H and O–H groups in total. The van der Waals surface area contributed by atoms with E-state index in [4.69, 9.17) is 9.73 Å². The zero-order valence-corrected chi connectivity index (χ0v) is 16.2. The average Bonchev–Trinajstić information content (AvgIpc) is 3.13. The molecule has 1 heterocycles. The topological polar surface area (TPSA) is 76.4 Å². The molecule has 1 aromatic heterocycles. The molecule has 0 saturated heterocycles. The van der Waals surface area contributed by atoms with Crippen molar-refractivity contribution in [2.24, 2.45) is 4.99 Å². The Balaban J connectivity index is 1.97. The van der Waals surface area contributed by atoms with E-state index in [2.05, 4.69) is 52.2 Å². The summed E-state index contributed by atoms with van der Waals surface area (Å²) in [5, 5.41) is 14.9. The number of benzene rings is 1. The van der Waals surface area contributed by atoms with E-state index >= 15 is 0 Å². The van der Waals surface area contributed by atoms with Crippen LogP contribution in [0.4, 0.5) is 0 Å². The molecule has 1 atom stereocenters. The van der Waals surface area contributed by atoms with Crippen LogP contribution in [0.1, 0.15) is 38.6 Å². The fraction of sp³-hybridized carbons (Fsp3) is 0.526. The van der Waals surface area contributed by atoms with Gasteiger partial charge in [-0.2, -0.15) is 0 Å². The van der Waals surface area contributed by atoms with Gasteiger partial charge in [0.15, 0.2) is 5.96 Å². The van der Waals surface area contributed by atoms with Crippen molar-refractivity contribution in [2.75, 3.05) is 13.7 Å². The predicted octanol–water partition coefficient (Wildman–Crippen LogP) is 2.38. The summed E-state index contributed by atoms with van der Waals surface area (Å²) in [6.45, 7) is 8.54. The van der Waals surface area contributed by atoms with E-state index in [1.54, 1.807) is 13.4 Å². The highest BCUT2D eigenvalue weighted by molar-refractivity contribution is 5.80. The molecule has 7 nitrogen and oxygen atoms in total. The van der Waals surface area contributed by atoms with Gasteiger partial charge < -0.3 is 19.9 Å². The fourth-order valence-electron chi connectivity index (χ4n) is 2.46. The van der Waals surface area contributed by atoms with Crippen LogP contribution in [0.2, 0.25) is 0 Å². The largest absolute Gasteiger partial charge is 0.497 e. The minimum Gasteiger partial charge on any atom is -0.497 e. The fourth-order valence-corrected chi connectivity index (χ4v) is 2.46. The molecule has 2 aromatic rings. The molecule has 1 aromatic carbocycles. The molecule has 0 aliphatic carbocycles. The molecule has 142 valence electrons. The molecule has 0 saturated carbocycles. The number of aromatic nitrogens is 3. The number of nitrogens with zero attached hydrogens (tertiary/aromatic N) is 4. The van der Waals surface area contributed by atoms with Crippen LogP contribution in [0, 0.1) is 0 Å². The average molecular weight is 358 g/mol. The highest BCUT2D eigenvalue weighted by Crippen LogP contribution is 2.13. The minimum absolute atomic E-state index is 0.354. The van der Waals surface area contributed by atoms with Crippen LogP contribution in [0.3, 0.4) is 0 Å². The van der Waals surface area contributed by atoms with E-state index in [1.165, 1.54) is 0 Å². The second-order valence-electron chi connectivity index (χ2n) is 6.19. The summed E-state index contributed by atoms with van der Waals surface area (Å²) >= 11 is 0. The predicted molar refractivity (Wildman–Crippen MR) is 104 cm³/mol. The van der Waals surface area contributed by atoms with Crippen molar-refractivity contribution in [3.8, 4) is 5.75 Å². The first-order valence-corrected chi connectivity index (χ1v) is 9.20. The van der Waals surface area contributed by atoms with E-state index in [0.717, 1.165) is 49.0 Å². The summed E-state index contributed by atoms with van der Waals surface area (Å²) in [5.74, 6) is 2.66. The molecule has 0 radical (unpaired) electrons. The molecule has 0 spiro atoms. The van der Waals surface area contributed by atoms with Gasteiger partial charge in [-0.15, -0.1) is 10.2 Å². The van der Waals surface area contributed by atoms with Gasteiger partial charge in [-0.25, -0.2) is 4.99 Å². The highest BCUT2D eigenvalue weighted by Gasteiger charge is 2.05. The second kappa shape index (κ2) is 10.4. The van der Waals surface area contributed by atoms with Gasteiger partial charge >= 0.3 is 0 Å². The monoisotopic (exact) mass is 358 g/mol. The van der Waals surface area contributed by atoms with Gasteiger partial charge in [0.1, 0.15) is 17.9 Å². The van der Waals surface area contributed by atoms with Gasteiger partial charge in [-0.05, 0) is 31.0 Å². The zero-order chi connectivity index (χ0) is 18.8. The van der Waals surface area contributed by atoms with Crippen LogP contribution < -0.4 is 15.4 Å². The van der Waals surface area contributed by atoms with Gasteiger partial charge in [0, 0.05) is 25.6 Å². The van der Waals surface area contributed by atoms with Crippen molar-refractivity contribution in [1.82, 2.24) is 25.4 Å². The lowest BCUT2D eigenvalue weighted by Crippen LogP contribution is -2.43. The third-order valence-electron chi connectivity index (χ3n) is 4.21. The molecule has 0 aliphatic rings. The van der Waals surface area contributed by atoms with E-state index in [1.807, 2.05) is 18.2 Å². The van der Waals surface area contributed by atoms with Crippen LogP contribution in [-0.4, -0.2) is 40.4 Å². The number of rotatable bonds is 9. The number of aliphatic imine (C=N–C) groups is 1. The van der Waals surface area contributed by atoms with Crippen molar-refractivity contribution >= 4 is 5.96 Å². The Labute approximate surface area is 155 Å². The summed E-state index contributed by atoms with van der Waals surface area (Å²) in [5.41, 5.74) is 1.11. The lowest BCUT2D eigenvalue weighted by Gasteiger charge is -2.17. The number of nitrogens with one attached hydrogen (secondary N) is 2. The maximum atomic E-state index is 5.28. The Morgan fingerprint density at radius 3 is 2.92 bits per heavy atom. The number of methoxy groups -OCH3 is 1. The van der Waals surface area contributed by atoms with Crippen LogP contribution in [0.15, 0.2) is 35.6 Å². The van der Waals surface area contributed by atoms with E-state index in [9.17, 15) is 0 Å². The summed E-state index contributed by atoms with van der Waals surface area (Å²) in [7, 11) is 1.68. The Morgan fingerprint density at radius 1 is 1.35 bits per heavy atom. The standard InChI is InChI=1S/C19H30N6O/c1-5-15(3)23-19(20-10-11-25-14-22-24-18(25)6-2)21-13-16-8-7-9-17(12-16)26-4/h7-9,12,14-15H,5-6,10-11,13H2,1-4H3,(H2,20,21,23). The van der Waals surface area contributed by atoms with E-state index in [0.29, 0.717) is 12.6 Å². The zero-order valence-electron chi connectivity index (χ0n) is 16.2. The second-order valence-corrected chi connectivity index (χ2v) is 6.19. The van der Waals surface area contributed by atoms with Crippen LogP contribution in [0.5, 0.6) is 5.75 Å². The maximum Gasteiger partial charge on any atom is 0.191 e. The molecule has 0 aliphatic heterocycles. The van der Waals surface area contributed by atoms with Gasteiger partial charge in [0.05, 0.1) is 13.7 Å². The van der Waals surface area contributed by atoms with Crippen LogP contribution in [0.25, 0.3) is 0 Å². The Kier molecular flexibility index (Phi) is 7.92.